The second-order valence-corrected chi connectivity index (χ2v) is 7.55. The lowest BCUT2D eigenvalue weighted by atomic mass is 10.1. The van der Waals surface area contributed by atoms with E-state index >= 15 is 0 Å². The zero-order valence-corrected chi connectivity index (χ0v) is 16.7. The minimum Gasteiger partial charge on any atom is -0.457 e. The van der Waals surface area contributed by atoms with Gasteiger partial charge >= 0.3 is 0 Å². The van der Waals surface area contributed by atoms with Gasteiger partial charge < -0.3 is 15.8 Å². The smallest absolute Gasteiger partial charge is 0.163 e. The maximum Gasteiger partial charge on any atom is 0.163 e. The molecule has 5 rings (SSSR count). The molecule has 2 aromatic carbocycles. The molecular weight excluding hydrogens is 376 g/mol. The molecule has 3 N–H and O–H groups in total. The number of fused-ring (bicyclic) bond motifs is 1. The van der Waals surface area contributed by atoms with Crippen molar-refractivity contribution in [3.8, 4) is 22.8 Å². The molecule has 1 saturated heterocycles. The summed E-state index contributed by atoms with van der Waals surface area (Å²) in [4.78, 5) is 8.67. The molecule has 1 fully saturated rings. The van der Waals surface area contributed by atoms with Crippen molar-refractivity contribution in [1.82, 2.24) is 25.1 Å². The van der Waals surface area contributed by atoms with Crippen molar-refractivity contribution in [3.05, 3.63) is 60.9 Å². The first-order valence-corrected chi connectivity index (χ1v) is 10.3. The topological polar surface area (TPSA) is 90.9 Å². The number of nitrogen functional groups attached to an aromatic ring is 1. The quantitative estimate of drug-likeness (QED) is 0.508. The van der Waals surface area contributed by atoms with Crippen molar-refractivity contribution in [2.75, 3.05) is 12.3 Å². The molecule has 2 aromatic heterocycles. The third-order valence-corrected chi connectivity index (χ3v) is 5.52. The fraction of sp³-hybridized carbons (Fsp3) is 0.261. The summed E-state index contributed by atoms with van der Waals surface area (Å²) in [5.41, 5.74) is 8.75. The Hall–Kier alpha value is -3.45. The van der Waals surface area contributed by atoms with Crippen molar-refractivity contribution in [1.29, 1.82) is 0 Å². The largest absolute Gasteiger partial charge is 0.457 e. The number of hydrogen-bond acceptors (Lipinski definition) is 6. The summed E-state index contributed by atoms with van der Waals surface area (Å²) in [5, 5.41) is 9.20. The monoisotopic (exact) mass is 400 g/mol. The molecule has 7 heteroatoms. The van der Waals surface area contributed by atoms with E-state index in [0.29, 0.717) is 11.9 Å². The van der Waals surface area contributed by atoms with Crippen molar-refractivity contribution in [2.45, 2.75) is 31.8 Å². The van der Waals surface area contributed by atoms with Crippen LogP contribution in [-0.2, 0) is 6.54 Å². The Kier molecular flexibility index (Phi) is 5.03. The summed E-state index contributed by atoms with van der Waals surface area (Å²) < 4.78 is 7.85. The molecule has 1 aliphatic rings. The van der Waals surface area contributed by atoms with Gasteiger partial charge in [0.1, 0.15) is 29.3 Å². The van der Waals surface area contributed by atoms with Gasteiger partial charge in [0.05, 0.1) is 5.39 Å². The molecule has 0 radical (unpaired) electrons. The lowest BCUT2D eigenvalue weighted by molar-refractivity contribution is 0.482. The van der Waals surface area contributed by atoms with Gasteiger partial charge in [-0.15, -0.1) is 0 Å². The summed E-state index contributed by atoms with van der Waals surface area (Å²) in [6, 6.07) is 18.1. The minimum atomic E-state index is 0.449. The van der Waals surface area contributed by atoms with Crippen LogP contribution in [0.2, 0.25) is 0 Å². The number of para-hydroxylation sites is 1. The molecular formula is C23H24N6O. The summed E-state index contributed by atoms with van der Waals surface area (Å²) in [5.74, 6) is 2.02. The Balaban J connectivity index is 1.44. The number of aromatic nitrogens is 4. The average Bonchev–Trinajstić information content (AvgIpc) is 3.42. The molecule has 0 amide bonds. The Morgan fingerprint density at radius 2 is 1.83 bits per heavy atom. The zero-order valence-electron chi connectivity index (χ0n) is 16.7. The van der Waals surface area contributed by atoms with Gasteiger partial charge in [-0.25, -0.2) is 14.6 Å². The number of aryl methyl sites for hydroxylation is 1. The molecule has 1 aliphatic heterocycles. The Labute approximate surface area is 174 Å². The summed E-state index contributed by atoms with van der Waals surface area (Å²) in [6.45, 7) is 1.89. The molecule has 4 aromatic rings. The van der Waals surface area contributed by atoms with E-state index in [-0.39, 0.29) is 0 Å². The highest BCUT2D eigenvalue weighted by molar-refractivity contribution is 5.98. The first-order chi connectivity index (χ1) is 14.8. The molecule has 0 bridgehead atoms. The van der Waals surface area contributed by atoms with E-state index in [1.54, 1.807) is 0 Å². The van der Waals surface area contributed by atoms with Crippen LogP contribution in [0.5, 0.6) is 11.5 Å². The van der Waals surface area contributed by atoms with Gasteiger partial charge in [0.2, 0.25) is 0 Å². The third kappa shape index (κ3) is 3.71. The Bertz CT molecular complexity index is 1130. The molecule has 0 unspecified atom stereocenters. The highest BCUT2D eigenvalue weighted by atomic mass is 16.5. The van der Waals surface area contributed by atoms with Crippen LogP contribution in [0.3, 0.4) is 0 Å². The van der Waals surface area contributed by atoms with E-state index < -0.39 is 0 Å². The van der Waals surface area contributed by atoms with E-state index in [0.717, 1.165) is 53.3 Å². The highest BCUT2D eigenvalue weighted by Gasteiger charge is 2.19. The van der Waals surface area contributed by atoms with Gasteiger partial charge in [0.15, 0.2) is 5.65 Å². The van der Waals surface area contributed by atoms with Crippen molar-refractivity contribution < 1.29 is 4.74 Å². The van der Waals surface area contributed by atoms with Gasteiger partial charge in [0.25, 0.3) is 0 Å². The normalized spacial score (nSPS) is 16.2. The van der Waals surface area contributed by atoms with Crippen LogP contribution in [0.4, 0.5) is 5.82 Å². The molecule has 0 aliphatic carbocycles. The third-order valence-electron chi connectivity index (χ3n) is 5.52. The van der Waals surface area contributed by atoms with Gasteiger partial charge in [-0.3, -0.25) is 0 Å². The van der Waals surface area contributed by atoms with Gasteiger partial charge in [-0.05, 0) is 62.2 Å². The molecule has 3 heterocycles. The Morgan fingerprint density at radius 3 is 2.60 bits per heavy atom. The molecule has 0 spiro atoms. The SMILES string of the molecule is Nc1ncnc2c1c(-c1ccc(Oc3ccccc3)cc1)nn2CC[C@H]1CCCN1. The van der Waals surface area contributed by atoms with Crippen molar-refractivity contribution in [3.63, 3.8) is 0 Å². The van der Waals surface area contributed by atoms with Crippen LogP contribution in [-0.4, -0.2) is 32.3 Å². The van der Waals surface area contributed by atoms with E-state index in [9.17, 15) is 0 Å². The van der Waals surface area contributed by atoms with Gasteiger partial charge in [-0.2, -0.15) is 5.10 Å². The van der Waals surface area contributed by atoms with E-state index in [2.05, 4.69) is 15.3 Å². The van der Waals surface area contributed by atoms with Gasteiger partial charge in [-0.1, -0.05) is 18.2 Å². The number of anilines is 1. The second-order valence-electron chi connectivity index (χ2n) is 7.55. The van der Waals surface area contributed by atoms with Crippen LogP contribution in [0, 0.1) is 0 Å². The van der Waals surface area contributed by atoms with E-state index in [1.807, 2.05) is 59.3 Å². The van der Waals surface area contributed by atoms with Gasteiger partial charge in [0, 0.05) is 18.2 Å². The first-order valence-electron chi connectivity index (χ1n) is 10.3. The van der Waals surface area contributed by atoms with E-state index in [1.165, 1.54) is 19.2 Å². The highest BCUT2D eigenvalue weighted by Crippen LogP contribution is 2.32. The fourth-order valence-electron chi connectivity index (χ4n) is 3.98. The summed E-state index contributed by atoms with van der Waals surface area (Å²) in [6.07, 6.45) is 4.97. The van der Waals surface area contributed by atoms with Crippen LogP contribution in [0.25, 0.3) is 22.3 Å². The molecule has 30 heavy (non-hydrogen) atoms. The number of nitrogens with one attached hydrogen (secondary N) is 1. The molecule has 1 atom stereocenters. The van der Waals surface area contributed by atoms with E-state index in [4.69, 9.17) is 15.6 Å². The lowest BCUT2D eigenvalue weighted by Crippen LogP contribution is -2.23. The number of rotatable bonds is 6. The molecule has 152 valence electrons. The zero-order chi connectivity index (χ0) is 20.3. The number of ether oxygens (including phenoxy) is 1. The number of benzene rings is 2. The minimum absolute atomic E-state index is 0.449. The number of nitrogens with two attached hydrogens (primary N) is 1. The maximum atomic E-state index is 6.22. The predicted molar refractivity (Wildman–Crippen MR) is 117 cm³/mol. The lowest BCUT2D eigenvalue weighted by Gasteiger charge is -2.09. The van der Waals surface area contributed by atoms with Crippen LogP contribution in [0.15, 0.2) is 60.9 Å². The maximum absolute atomic E-state index is 6.22. The number of nitrogens with zero attached hydrogens (tertiary/aromatic N) is 4. The van der Waals surface area contributed by atoms with Crippen molar-refractivity contribution >= 4 is 16.9 Å². The second kappa shape index (κ2) is 8.12. The van der Waals surface area contributed by atoms with Crippen molar-refractivity contribution in [2.24, 2.45) is 0 Å². The first kappa shape index (κ1) is 18.6. The Morgan fingerprint density at radius 1 is 1.03 bits per heavy atom. The van der Waals surface area contributed by atoms with Crippen LogP contribution in [0.1, 0.15) is 19.3 Å². The van der Waals surface area contributed by atoms with Crippen LogP contribution < -0.4 is 15.8 Å². The molecule has 7 nitrogen and oxygen atoms in total. The summed E-state index contributed by atoms with van der Waals surface area (Å²) in [7, 11) is 0. The average molecular weight is 400 g/mol. The fourth-order valence-corrected chi connectivity index (χ4v) is 3.98. The molecule has 0 saturated carbocycles. The van der Waals surface area contributed by atoms with Crippen LogP contribution >= 0.6 is 0 Å². The predicted octanol–water partition coefficient (Wildman–Crippen LogP) is 4.01. The summed E-state index contributed by atoms with van der Waals surface area (Å²) >= 11 is 0. The standard InChI is InChI=1S/C23H24N6O/c24-22-20-21(16-8-10-19(11-9-16)30-18-6-2-1-3-7-18)28-29(23(20)27-15-26-22)14-12-17-5-4-13-25-17/h1-3,6-11,15,17,25H,4-5,12-14H2,(H2,24,26,27)/t17-/m1/s1. The number of hydrogen-bond donors (Lipinski definition) is 2.